The zero-order valence-corrected chi connectivity index (χ0v) is 10.3. The highest BCUT2D eigenvalue weighted by atomic mass is 16.6. The monoisotopic (exact) mass is 250 g/mol. The first kappa shape index (κ1) is 12.2. The predicted octanol–water partition coefficient (Wildman–Crippen LogP) is 0.296. The van der Waals surface area contributed by atoms with Crippen LogP contribution in [0.3, 0.4) is 0 Å². The zero-order chi connectivity index (χ0) is 13.0. The number of nitrogens with zero attached hydrogens (tertiary/aromatic N) is 2. The standard InChI is InChI=1S/C12H14N2O4/c1-16-10-4-3-9(7-11(10)17-2)5-6-14-8-12(15)18-13-14/h3-4,7-8H,5-6H2,1-2H3. The molecule has 2 aromatic rings. The summed E-state index contributed by atoms with van der Waals surface area (Å²) < 4.78 is 16.3. The highest BCUT2D eigenvalue weighted by molar-refractivity contribution is 5.42. The fourth-order valence-corrected chi connectivity index (χ4v) is 1.65. The summed E-state index contributed by atoms with van der Waals surface area (Å²) in [7, 11) is 3.19. The molecule has 1 aromatic heterocycles. The van der Waals surface area contributed by atoms with Crippen LogP contribution in [0.4, 0.5) is 0 Å². The first-order chi connectivity index (χ1) is 8.72. The van der Waals surface area contributed by atoms with E-state index in [1.165, 1.54) is 10.9 Å². The van der Waals surface area contributed by atoms with Gasteiger partial charge in [0, 0.05) is 6.42 Å². The van der Waals surface area contributed by atoms with Crippen LogP contribution in [0.2, 0.25) is 0 Å². The van der Waals surface area contributed by atoms with Crippen LogP contribution in [-0.4, -0.2) is 19.5 Å². The molecule has 0 aliphatic carbocycles. The predicted molar refractivity (Wildman–Crippen MR) is 59.4 cm³/mol. The van der Waals surface area contributed by atoms with Crippen molar-refractivity contribution in [2.24, 2.45) is 0 Å². The summed E-state index contributed by atoms with van der Waals surface area (Å²) in [6.45, 7) is 0.571. The van der Waals surface area contributed by atoms with Crippen molar-refractivity contribution in [1.82, 2.24) is 5.27 Å². The van der Waals surface area contributed by atoms with E-state index in [9.17, 15) is 5.11 Å². The van der Waals surface area contributed by atoms with Gasteiger partial charge in [0.05, 0.1) is 19.5 Å². The molecule has 1 heterocycles. The largest absolute Gasteiger partial charge is 0.539 e. The maximum Gasteiger partial charge on any atom is 0.221 e. The number of methoxy groups -OCH3 is 2. The lowest BCUT2D eigenvalue weighted by Crippen LogP contribution is -2.35. The third-order valence-corrected chi connectivity index (χ3v) is 2.57. The molecule has 0 bridgehead atoms. The highest BCUT2D eigenvalue weighted by Crippen LogP contribution is 2.27. The van der Waals surface area contributed by atoms with Gasteiger partial charge in [-0.05, 0) is 17.7 Å². The summed E-state index contributed by atoms with van der Waals surface area (Å²) in [5.41, 5.74) is 1.07. The number of hydrogen-bond donors (Lipinski definition) is 0. The van der Waals surface area contributed by atoms with Crippen LogP contribution in [0.5, 0.6) is 17.4 Å². The zero-order valence-electron chi connectivity index (χ0n) is 10.3. The summed E-state index contributed by atoms with van der Waals surface area (Å²) >= 11 is 0. The van der Waals surface area contributed by atoms with E-state index in [2.05, 4.69) is 9.79 Å². The summed E-state index contributed by atoms with van der Waals surface area (Å²) in [6, 6.07) is 5.69. The molecule has 18 heavy (non-hydrogen) atoms. The Balaban J connectivity index is 2.05. The van der Waals surface area contributed by atoms with Crippen LogP contribution in [-0.2, 0) is 13.0 Å². The lowest BCUT2D eigenvalue weighted by atomic mass is 10.1. The molecule has 0 saturated carbocycles. The molecule has 0 spiro atoms. The van der Waals surface area contributed by atoms with E-state index >= 15 is 0 Å². The Bertz CT molecular complexity index is 525. The molecule has 0 saturated heterocycles. The van der Waals surface area contributed by atoms with Crippen molar-refractivity contribution in [3.8, 4) is 17.4 Å². The van der Waals surface area contributed by atoms with Crippen molar-refractivity contribution in [2.45, 2.75) is 13.0 Å². The lowest BCUT2D eigenvalue weighted by Gasteiger charge is -2.08. The molecule has 0 atom stereocenters. The molecule has 0 fully saturated rings. The summed E-state index contributed by atoms with van der Waals surface area (Å²) in [6.07, 6.45) is 2.04. The minimum Gasteiger partial charge on any atom is -0.539 e. The number of aryl methyl sites for hydroxylation is 2. The second-order valence-electron chi connectivity index (χ2n) is 3.72. The molecule has 2 rings (SSSR count). The topological polar surface area (TPSA) is 71.4 Å². The fraction of sp³-hybridized carbons (Fsp3) is 0.333. The Kier molecular flexibility index (Phi) is 3.66. The molecule has 0 N–H and O–H groups in total. The van der Waals surface area contributed by atoms with E-state index in [-0.39, 0.29) is 0 Å². The first-order valence-electron chi connectivity index (χ1n) is 5.47. The minimum absolute atomic E-state index is 0.442. The van der Waals surface area contributed by atoms with Crippen LogP contribution in [0, 0.1) is 0 Å². The van der Waals surface area contributed by atoms with Gasteiger partial charge in [0.1, 0.15) is 5.95 Å². The van der Waals surface area contributed by atoms with Gasteiger partial charge in [-0.1, -0.05) is 10.7 Å². The van der Waals surface area contributed by atoms with Crippen molar-refractivity contribution in [1.29, 1.82) is 0 Å². The molecule has 6 nitrogen and oxygen atoms in total. The number of hydrogen-bond acceptors (Lipinski definition) is 5. The quantitative estimate of drug-likeness (QED) is 0.713. The molecule has 6 heteroatoms. The Hall–Kier alpha value is -2.24. The molecule has 0 unspecified atom stereocenters. The Morgan fingerprint density at radius 2 is 2.06 bits per heavy atom. The summed E-state index contributed by atoms with van der Waals surface area (Å²) in [4.78, 5) is 0. The van der Waals surface area contributed by atoms with Gasteiger partial charge in [-0.15, -0.1) is 0 Å². The Labute approximate surface area is 104 Å². The van der Waals surface area contributed by atoms with E-state index in [1.807, 2.05) is 18.2 Å². The van der Waals surface area contributed by atoms with Crippen LogP contribution in [0.1, 0.15) is 5.56 Å². The van der Waals surface area contributed by atoms with Gasteiger partial charge in [-0.2, -0.15) is 0 Å². The molecular formula is C12H14N2O4. The molecule has 0 aliphatic rings. The fourth-order valence-electron chi connectivity index (χ4n) is 1.65. The van der Waals surface area contributed by atoms with Gasteiger partial charge < -0.3 is 19.1 Å². The maximum absolute atomic E-state index is 10.8. The number of ether oxygens (including phenoxy) is 2. The molecule has 0 radical (unpaired) electrons. The summed E-state index contributed by atoms with van der Waals surface area (Å²) in [5.74, 6) is 0.934. The van der Waals surface area contributed by atoms with Gasteiger partial charge in [0.15, 0.2) is 18.0 Å². The molecule has 0 aliphatic heterocycles. The van der Waals surface area contributed by atoms with E-state index in [0.717, 1.165) is 12.0 Å². The van der Waals surface area contributed by atoms with Crippen molar-refractivity contribution in [2.75, 3.05) is 14.2 Å². The first-order valence-corrected chi connectivity index (χ1v) is 5.47. The highest BCUT2D eigenvalue weighted by Gasteiger charge is 2.08. The van der Waals surface area contributed by atoms with E-state index in [1.54, 1.807) is 14.2 Å². The van der Waals surface area contributed by atoms with Crippen LogP contribution >= 0.6 is 0 Å². The SMILES string of the molecule is COc1ccc(CC[n+]2cc([O-])on2)cc1OC. The molecule has 1 aromatic carbocycles. The van der Waals surface area contributed by atoms with Crippen molar-refractivity contribution >= 4 is 0 Å². The number of rotatable bonds is 5. The number of aromatic nitrogens is 2. The van der Waals surface area contributed by atoms with E-state index in [0.29, 0.717) is 18.0 Å². The van der Waals surface area contributed by atoms with Gasteiger partial charge in [0.2, 0.25) is 6.20 Å². The smallest absolute Gasteiger partial charge is 0.221 e. The van der Waals surface area contributed by atoms with Crippen LogP contribution < -0.4 is 19.3 Å². The number of benzene rings is 1. The van der Waals surface area contributed by atoms with Crippen LogP contribution in [0.15, 0.2) is 28.9 Å². The average molecular weight is 250 g/mol. The van der Waals surface area contributed by atoms with Gasteiger partial charge >= 0.3 is 0 Å². The van der Waals surface area contributed by atoms with Crippen molar-refractivity contribution in [3.63, 3.8) is 0 Å². The van der Waals surface area contributed by atoms with E-state index < -0.39 is 5.95 Å². The normalized spacial score (nSPS) is 10.3. The van der Waals surface area contributed by atoms with Crippen LogP contribution in [0.25, 0.3) is 0 Å². The van der Waals surface area contributed by atoms with Gasteiger partial charge in [-0.3, -0.25) is 0 Å². The van der Waals surface area contributed by atoms with E-state index in [4.69, 9.17) is 9.47 Å². The average Bonchev–Trinajstić information content (AvgIpc) is 2.81. The Morgan fingerprint density at radius 1 is 1.28 bits per heavy atom. The molecule has 96 valence electrons. The molecule has 0 amide bonds. The molecular weight excluding hydrogens is 236 g/mol. The Morgan fingerprint density at radius 3 is 2.67 bits per heavy atom. The maximum atomic E-state index is 10.8. The lowest BCUT2D eigenvalue weighted by molar-refractivity contribution is -0.762. The third kappa shape index (κ3) is 2.71. The van der Waals surface area contributed by atoms with Gasteiger partial charge in [0.25, 0.3) is 0 Å². The second kappa shape index (κ2) is 5.39. The van der Waals surface area contributed by atoms with Gasteiger partial charge in [-0.25, -0.2) is 0 Å². The minimum atomic E-state index is -0.442. The second-order valence-corrected chi connectivity index (χ2v) is 3.72. The summed E-state index contributed by atoms with van der Waals surface area (Å²) in [5, 5.41) is 14.4. The van der Waals surface area contributed by atoms with Crippen molar-refractivity contribution in [3.05, 3.63) is 30.0 Å². The van der Waals surface area contributed by atoms with Crippen molar-refractivity contribution < 1.29 is 23.8 Å². The third-order valence-electron chi connectivity index (χ3n) is 2.57.